The van der Waals surface area contributed by atoms with E-state index in [2.05, 4.69) is 39.2 Å². The summed E-state index contributed by atoms with van der Waals surface area (Å²) in [5, 5.41) is 14.7. The van der Waals surface area contributed by atoms with Crippen molar-refractivity contribution in [3.05, 3.63) is 54.1 Å². The van der Waals surface area contributed by atoms with Gasteiger partial charge in [0.05, 0.1) is 36.2 Å². The molecule has 50 heavy (non-hydrogen) atoms. The van der Waals surface area contributed by atoms with Crippen molar-refractivity contribution in [1.82, 2.24) is 9.62 Å². The van der Waals surface area contributed by atoms with Crippen LogP contribution in [0.1, 0.15) is 53.0 Å². The van der Waals surface area contributed by atoms with Gasteiger partial charge in [0.2, 0.25) is 16.8 Å². The molecule has 2 N–H and O–H groups in total. The van der Waals surface area contributed by atoms with E-state index >= 15 is 0 Å². The van der Waals surface area contributed by atoms with Gasteiger partial charge >= 0.3 is 6.09 Å². The average Bonchev–Trinajstić information content (AvgIpc) is 3.79. The van der Waals surface area contributed by atoms with Crippen molar-refractivity contribution in [3.8, 4) is 11.5 Å². The Morgan fingerprint density at radius 3 is 2.50 bits per heavy atom. The van der Waals surface area contributed by atoms with Gasteiger partial charge in [-0.1, -0.05) is 65.0 Å². The monoisotopic (exact) mass is 734 g/mol. The Hall–Kier alpha value is -2.72. The molecule has 0 saturated carbocycles. The highest BCUT2D eigenvalue weighted by atomic mass is 32.2. The first-order chi connectivity index (χ1) is 23.4. The standard InChI is InChI=1S/C36H54N2O10SSi/c1-35(2,3)50(6,7)47-18-16-36(4,5)23-38(49(41,42)26-13-14-30-31(20-26)46-24-45-30)21-29(39)28(19-25-11-9-8-10-12-25)37-34(40)48-32-22-44-33-27(32)15-17-43-33/h8-14,20,27-29,32-33,39H,15-19,21-24H2,1-7H3,(H,37,40)/t27-,28-,29-,32-,33+/m0/s1. The largest absolute Gasteiger partial charge is 0.454 e. The first-order valence-electron chi connectivity index (χ1n) is 17.4. The lowest BCUT2D eigenvalue weighted by Gasteiger charge is -2.38. The van der Waals surface area contributed by atoms with Crippen molar-refractivity contribution < 1.29 is 46.4 Å². The van der Waals surface area contributed by atoms with Crippen LogP contribution in [0.3, 0.4) is 0 Å². The molecule has 3 aliphatic rings. The van der Waals surface area contributed by atoms with Crippen molar-refractivity contribution in [1.29, 1.82) is 0 Å². The van der Waals surface area contributed by atoms with E-state index in [4.69, 9.17) is 28.1 Å². The van der Waals surface area contributed by atoms with Crippen molar-refractivity contribution in [2.45, 2.75) is 101 Å². The molecule has 0 spiro atoms. The third-order valence-electron chi connectivity index (χ3n) is 10.3. The molecular formula is C36H54N2O10SSi. The predicted molar refractivity (Wildman–Crippen MR) is 190 cm³/mol. The molecule has 3 heterocycles. The minimum Gasteiger partial charge on any atom is -0.454 e. The number of aliphatic hydroxyl groups is 1. The van der Waals surface area contributed by atoms with Crippen LogP contribution in [0.4, 0.5) is 4.79 Å². The molecule has 5 rings (SSSR count). The zero-order valence-electron chi connectivity index (χ0n) is 30.3. The quantitative estimate of drug-likeness (QED) is 0.232. The topological polar surface area (TPSA) is 142 Å². The summed E-state index contributed by atoms with van der Waals surface area (Å²) in [4.78, 5) is 13.3. The van der Waals surface area contributed by atoms with Crippen molar-refractivity contribution in [3.63, 3.8) is 0 Å². The van der Waals surface area contributed by atoms with Crippen LogP contribution in [-0.2, 0) is 35.1 Å². The van der Waals surface area contributed by atoms with Gasteiger partial charge in [-0.3, -0.25) is 0 Å². The van der Waals surface area contributed by atoms with Gasteiger partial charge in [-0.15, -0.1) is 0 Å². The van der Waals surface area contributed by atoms with Gasteiger partial charge in [-0.2, -0.15) is 4.31 Å². The van der Waals surface area contributed by atoms with Gasteiger partial charge in [0.25, 0.3) is 0 Å². The number of aliphatic hydroxyl groups excluding tert-OH is 1. The molecule has 278 valence electrons. The van der Waals surface area contributed by atoms with Gasteiger partial charge in [0.1, 0.15) is 6.10 Å². The third-order valence-corrected chi connectivity index (χ3v) is 16.7. The summed E-state index contributed by atoms with van der Waals surface area (Å²) in [6, 6.07) is 13.0. The van der Waals surface area contributed by atoms with E-state index in [1.165, 1.54) is 16.4 Å². The number of carbonyl (C=O) groups excluding carboxylic acids is 1. The van der Waals surface area contributed by atoms with E-state index in [-0.39, 0.29) is 55.1 Å². The molecule has 2 saturated heterocycles. The number of alkyl carbamates (subject to hydrolysis) is 1. The maximum Gasteiger partial charge on any atom is 0.407 e. The summed E-state index contributed by atoms with van der Waals surface area (Å²) in [5.41, 5.74) is 0.327. The minimum absolute atomic E-state index is 0.00681. The lowest BCUT2D eigenvalue weighted by Crippen LogP contribution is -2.52. The number of nitrogens with zero attached hydrogens (tertiary/aromatic N) is 1. The fourth-order valence-corrected chi connectivity index (χ4v) is 8.85. The molecule has 2 aromatic rings. The SMILES string of the molecule is CC(C)(CCO[Si](C)(C)C(C)(C)C)CN(C[C@H](O)[C@H](Cc1ccccc1)NC(=O)O[C@H]1CO[C@H]2OCC[C@H]21)S(=O)(=O)c1ccc2c(c1)OCO2. The molecule has 12 nitrogen and oxygen atoms in total. The number of hydrogen-bond donors (Lipinski definition) is 2. The Bertz CT molecular complexity index is 1570. The third kappa shape index (κ3) is 9.38. The maximum absolute atomic E-state index is 14.4. The maximum atomic E-state index is 14.4. The Morgan fingerprint density at radius 2 is 1.78 bits per heavy atom. The number of nitrogens with one attached hydrogen (secondary N) is 1. The molecule has 14 heteroatoms. The minimum atomic E-state index is -4.16. The van der Waals surface area contributed by atoms with Crippen LogP contribution in [0.25, 0.3) is 0 Å². The molecule has 3 aliphatic heterocycles. The van der Waals surface area contributed by atoms with Gasteiger partial charge in [-0.05, 0) is 60.5 Å². The highest BCUT2D eigenvalue weighted by Gasteiger charge is 2.44. The summed E-state index contributed by atoms with van der Waals surface area (Å²) >= 11 is 0. The number of carbonyl (C=O) groups is 1. The molecule has 5 atom stereocenters. The summed E-state index contributed by atoms with van der Waals surface area (Å²) in [6.45, 7) is 16.0. The van der Waals surface area contributed by atoms with Gasteiger partial charge < -0.3 is 38.5 Å². The molecule has 0 bridgehead atoms. The number of sulfonamides is 1. The first-order valence-corrected chi connectivity index (χ1v) is 21.8. The van der Waals surface area contributed by atoms with E-state index < -0.39 is 48.1 Å². The van der Waals surface area contributed by atoms with Crippen LogP contribution in [-0.4, -0.2) is 96.5 Å². The molecule has 0 radical (unpaired) electrons. The lowest BCUT2D eigenvalue weighted by molar-refractivity contribution is -0.0907. The van der Waals surface area contributed by atoms with Crippen LogP contribution >= 0.6 is 0 Å². The molecule has 0 aromatic heterocycles. The molecule has 0 aliphatic carbocycles. The first kappa shape index (κ1) is 38.5. The highest BCUT2D eigenvalue weighted by molar-refractivity contribution is 7.89. The molecule has 1 amide bonds. The fourth-order valence-electron chi connectivity index (χ4n) is 6.15. The second-order valence-corrected chi connectivity index (χ2v) is 22.6. The van der Waals surface area contributed by atoms with Crippen LogP contribution in [0.5, 0.6) is 11.5 Å². The highest BCUT2D eigenvalue weighted by Crippen LogP contribution is 2.38. The van der Waals surface area contributed by atoms with E-state index in [1.54, 1.807) is 6.07 Å². The Labute approximate surface area is 297 Å². The number of benzene rings is 2. The normalized spacial score (nSPS) is 22.0. The summed E-state index contributed by atoms with van der Waals surface area (Å²) in [5.74, 6) is 0.752. The number of hydrogen-bond acceptors (Lipinski definition) is 10. The van der Waals surface area contributed by atoms with Crippen molar-refractivity contribution >= 4 is 24.4 Å². The fraction of sp³-hybridized carbons (Fsp3) is 0.639. The number of ether oxygens (including phenoxy) is 5. The van der Waals surface area contributed by atoms with Gasteiger partial charge in [0, 0.05) is 25.8 Å². The molecule has 2 aromatic carbocycles. The number of rotatable bonds is 15. The van der Waals surface area contributed by atoms with Crippen LogP contribution in [0.2, 0.25) is 18.1 Å². The number of fused-ring (bicyclic) bond motifs is 2. The average molecular weight is 735 g/mol. The van der Waals surface area contributed by atoms with Gasteiger partial charge in [-0.25, -0.2) is 13.2 Å². The van der Waals surface area contributed by atoms with E-state index in [9.17, 15) is 18.3 Å². The van der Waals surface area contributed by atoms with E-state index in [1.807, 2.05) is 44.2 Å². The Balaban J connectivity index is 1.37. The summed E-state index contributed by atoms with van der Waals surface area (Å²) in [6.07, 6.45) is -1.31. The lowest BCUT2D eigenvalue weighted by atomic mass is 9.89. The van der Waals surface area contributed by atoms with Crippen molar-refractivity contribution in [2.24, 2.45) is 11.3 Å². The molecular weight excluding hydrogens is 681 g/mol. The van der Waals surface area contributed by atoms with E-state index in [0.29, 0.717) is 31.1 Å². The zero-order valence-corrected chi connectivity index (χ0v) is 32.2. The zero-order chi connectivity index (χ0) is 36.3. The van der Waals surface area contributed by atoms with E-state index in [0.717, 1.165) is 12.0 Å². The van der Waals surface area contributed by atoms with Crippen LogP contribution < -0.4 is 14.8 Å². The smallest absolute Gasteiger partial charge is 0.407 e. The summed E-state index contributed by atoms with van der Waals surface area (Å²) < 4.78 is 64.4. The van der Waals surface area contributed by atoms with Crippen LogP contribution in [0, 0.1) is 11.3 Å². The number of amides is 1. The predicted octanol–water partition coefficient (Wildman–Crippen LogP) is 5.30. The van der Waals surface area contributed by atoms with Crippen molar-refractivity contribution in [2.75, 3.05) is 39.7 Å². The molecule has 0 unspecified atom stereocenters. The second kappa shape index (κ2) is 15.5. The summed E-state index contributed by atoms with van der Waals surface area (Å²) in [7, 11) is -6.18. The molecule has 2 fully saturated rings. The van der Waals surface area contributed by atoms with Crippen LogP contribution in [0.15, 0.2) is 53.4 Å². The Kier molecular flexibility index (Phi) is 11.9. The van der Waals surface area contributed by atoms with Gasteiger partial charge in [0.15, 0.2) is 26.1 Å². The second-order valence-electron chi connectivity index (χ2n) is 15.8. The Morgan fingerprint density at radius 1 is 1.06 bits per heavy atom.